The van der Waals surface area contributed by atoms with Crippen molar-refractivity contribution in [3.63, 3.8) is 0 Å². The molecule has 1 fully saturated rings. The Hall–Kier alpha value is -1.89. The Bertz CT molecular complexity index is 610. The van der Waals surface area contributed by atoms with Gasteiger partial charge in [0.25, 0.3) is 0 Å². The average Bonchev–Trinajstić information content (AvgIpc) is 2.87. The summed E-state index contributed by atoms with van der Waals surface area (Å²) in [7, 11) is 0. The van der Waals surface area contributed by atoms with E-state index in [0.29, 0.717) is 5.82 Å². The molecule has 2 aromatic rings. The molecule has 2 aromatic heterocycles. The van der Waals surface area contributed by atoms with E-state index in [1.807, 2.05) is 17.5 Å². The van der Waals surface area contributed by atoms with Crippen molar-refractivity contribution >= 4 is 17.2 Å². The van der Waals surface area contributed by atoms with Gasteiger partial charge < -0.3 is 5.32 Å². The van der Waals surface area contributed by atoms with Gasteiger partial charge in [-0.2, -0.15) is 0 Å². The van der Waals surface area contributed by atoms with Crippen LogP contribution >= 0.6 is 11.3 Å². The van der Waals surface area contributed by atoms with E-state index in [-0.39, 0.29) is 18.5 Å². The Morgan fingerprint density at radius 2 is 2.44 bits per heavy atom. The molecule has 0 radical (unpaired) electrons. The largest absolute Gasteiger partial charge is 0.442 e. The molecule has 7 heteroatoms. The molecule has 1 saturated carbocycles. The van der Waals surface area contributed by atoms with Crippen LogP contribution in [0.4, 0.5) is 0 Å². The van der Waals surface area contributed by atoms with Crippen molar-refractivity contribution in [2.75, 3.05) is 0 Å². The smallest absolute Gasteiger partial charge is 0.352 e. The zero-order valence-corrected chi connectivity index (χ0v) is 10.3. The van der Waals surface area contributed by atoms with E-state index < -0.39 is 5.76 Å². The van der Waals surface area contributed by atoms with Gasteiger partial charge >= 0.3 is 5.76 Å². The predicted molar refractivity (Wildman–Crippen MR) is 65.2 cm³/mol. The second kappa shape index (κ2) is 4.41. The second-order valence-electron chi connectivity index (χ2n) is 4.18. The number of aromatic nitrogens is 2. The molecule has 18 heavy (non-hydrogen) atoms. The molecule has 1 N–H and O–H groups in total. The van der Waals surface area contributed by atoms with Gasteiger partial charge in [-0.05, 0) is 24.3 Å². The van der Waals surface area contributed by atoms with Gasteiger partial charge in [0.2, 0.25) is 5.91 Å². The maximum atomic E-state index is 11.7. The van der Waals surface area contributed by atoms with Crippen LogP contribution in [0.25, 0.3) is 10.7 Å². The minimum Gasteiger partial charge on any atom is -0.352 e. The first-order valence-electron chi connectivity index (χ1n) is 5.64. The van der Waals surface area contributed by atoms with E-state index in [0.717, 1.165) is 17.7 Å². The highest BCUT2D eigenvalue weighted by molar-refractivity contribution is 7.13. The normalized spacial score (nSPS) is 14.7. The summed E-state index contributed by atoms with van der Waals surface area (Å²) in [5, 5.41) is 8.42. The Morgan fingerprint density at radius 3 is 3.11 bits per heavy atom. The molecule has 94 valence electrons. The third kappa shape index (κ3) is 2.21. The first-order valence-corrected chi connectivity index (χ1v) is 6.52. The molecule has 0 aromatic carbocycles. The summed E-state index contributed by atoms with van der Waals surface area (Å²) in [6.07, 6.45) is 2.03. The molecule has 0 atom stereocenters. The molecule has 1 aliphatic carbocycles. The Labute approximate surface area is 106 Å². The zero-order valence-electron chi connectivity index (χ0n) is 9.46. The van der Waals surface area contributed by atoms with Crippen LogP contribution in [0, 0.1) is 0 Å². The number of rotatable bonds is 4. The van der Waals surface area contributed by atoms with Crippen LogP contribution in [0.3, 0.4) is 0 Å². The number of hydrogen-bond acceptors (Lipinski definition) is 5. The minimum absolute atomic E-state index is 0.0495. The van der Waals surface area contributed by atoms with Gasteiger partial charge in [-0.15, -0.1) is 11.3 Å². The lowest BCUT2D eigenvalue weighted by Gasteiger charge is -2.04. The van der Waals surface area contributed by atoms with Crippen molar-refractivity contribution in [3.05, 3.63) is 28.1 Å². The fourth-order valence-electron chi connectivity index (χ4n) is 1.64. The van der Waals surface area contributed by atoms with Crippen molar-refractivity contribution in [1.29, 1.82) is 0 Å². The maximum Gasteiger partial charge on any atom is 0.442 e. The summed E-state index contributed by atoms with van der Waals surface area (Å²) >= 11 is 1.44. The predicted octanol–water partition coefficient (Wildman–Crippen LogP) is 0.843. The lowest BCUT2D eigenvalue weighted by molar-refractivity contribution is -0.121. The molecule has 3 rings (SSSR count). The van der Waals surface area contributed by atoms with Crippen LogP contribution in [-0.2, 0) is 11.3 Å². The lowest BCUT2D eigenvalue weighted by atomic mass is 10.4. The van der Waals surface area contributed by atoms with E-state index in [2.05, 4.69) is 15.0 Å². The number of carbonyl (C=O) groups is 1. The number of nitrogens with one attached hydrogen (secondary N) is 1. The quantitative estimate of drug-likeness (QED) is 0.888. The molecular formula is C11H11N3O3S. The minimum atomic E-state index is -0.607. The molecule has 0 spiro atoms. The molecule has 0 aliphatic heterocycles. The van der Waals surface area contributed by atoms with Crippen molar-refractivity contribution in [3.8, 4) is 10.7 Å². The number of nitrogens with zero attached hydrogens (tertiary/aromatic N) is 2. The second-order valence-corrected chi connectivity index (χ2v) is 5.13. The van der Waals surface area contributed by atoms with Crippen molar-refractivity contribution in [1.82, 2.24) is 15.0 Å². The molecule has 0 saturated heterocycles. The standard InChI is InChI=1S/C11H11N3O3S/c15-9(12-7-3-4-7)6-14-10(13-17-11(14)16)8-2-1-5-18-8/h1-2,5,7H,3-4,6H2,(H,12,15). The van der Waals surface area contributed by atoms with E-state index in [4.69, 9.17) is 0 Å². The number of hydrogen-bond donors (Lipinski definition) is 1. The molecule has 6 nitrogen and oxygen atoms in total. The Kier molecular flexibility index (Phi) is 2.75. The third-order valence-electron chi connectivity index (χ3n) is 2.67. The highest BCUT2D eigenvalue weighted by Crippen LogP contribution is 2.22. The van der Waals surface area contributed by atoms with Crippen molar-refractivity contribution in [2.24, 2.45) is 0 Å². The van der Waals surface area contributed by atoms with Crippen LogP contribution in [0.2, 0.25) is 0 Å². The lowest BCUT2D eigenvalue weighted by Crippen LogP contribution is -2.32. The van der Waals surface area contributed by atoms with Crippen LogP contribution in [0.1, 0.15) is 12.8 Å². The van der Waals surface area contributed by atoms with E-state index in [9.17, 15) is 9.59 Å². The van der Waals surface area contributed by atoms with E-state index >= 15 is 0 Å². The van der Waals surface area contributed by atoms with Crippen molar-refractivity contribution < 1.29 is 9.32 Å². The summed E-state index contributed by atoms with van der Waals surface area (Å²) < 4.78 is 5.88. The molecule has 1 amide bonds. The van der Waals surface area contributed by atoms with Crippen LogP contribution < -0.4 is 11.1 Å². The fraction of sp³-hybridized carbons (Fsp3) is 0.364. The number of amides is 1. The maximum absolute atomic E-state index is 11.7. The third-order valence-corrected chi connectivity index (χ3v) is 3.54. The summed E-state index contributed by atoms with van der Waals surface area (Å²) in [5.41, 5.74) is 0. The Morgan fingerprint density at radius 1 is 1.61 bits per heavy atom. The van der Waals surface area contributed by atoms with Gasteiger partial charge in [-0.1, -0.05) is 11.2 Å². The summed E-state index contributed by atoms with van der Waals surface area (Å²) in [6.45, 7) is -0.0495. The highest BCUT2D eigenvalue weighted by Gasteiger charge is 2.24. The topological polar surface area (TPSA) is 77.1 Å². The molecule has 1 aliphatic rings. The average molecular weight is 265 g/mol. The molecule has 0 bridgehead atoms. The van der Waals surface area contributed by atoms with Crippen LogP contribution in [0.15, 0.2) is 26.8 Å². The zero-order chi connectivity index (χ0) is 12.5. The van der Waals surface area contributed by atoms with Crippen LogP contribution in [0.5, 0.6) is 0 Å². The number of carbonyl (C=O) groups excluding carboxylic acids is 1. The first kappa shape index (κ1) is 11.2. The summed E-state index contributed by atoms with van der Waals surface area (Å²) in [4.78, 5) is 24.0. The van der Waals surface area contributed by atoms with E-state index in [1.54, 1.807) is 0 Å². The van der Waals surface area contributed by atoms with Gasteiger partial charge in [0.05, 0.1) is 4.88 Å². The monoisotopic (exact) mass is 265 g/mol. The SMILES string of the molecule is O=C(Cn1c(-c2cccs2)noc1=O)NC1CC1. The number of thiophene rings is 1. The van der Waals surface area contributed by atoms with Crippen LogP contribution in [-0.4, -0.2) is 21.7 Å². The fourth-order valence-corrected chi connectivity index (χ4v) is 2.35. The summed E-state index contributed by atoms with van der Waals surface area (Å²) in [5.74, 6) is -0.383. The summed E-state index contributed by atoms with van der Waals surface area (Å²) in [6, 6.07) is 3.96. The molecule has 2 heterocycles. The van der Waals surface area contributed by atoms with Gasteiger partial charge in [-0.25, -0.2) is 9.36 Å². The Balaban J connectivity index is 1.84. The molecular weight excluding hydrogens is 254 g/mol. The van der Waals surface area contributed by atoms with Gasteiger partial charge in [0.1, 0.15) is 6.54 Å². The van der Waals surface area contributed by atoms with Crippen molar-refractivity contribution in [2.45, 2.75) is 25.4 Å². The van der Waals surface area contributed by atoms with Gasteiger partial charge in [0.15, 0.2) is 5.82 Å². The highest BCUT2D eigenvalue weighted by atomic mass is 32.1. The van der Waals surface area contributed by atoms with E-state index in [1.165, 1.54) is 15.9 Å². The molecule has 0 unspecified atom stereocenters. The first-order chi connectivity index (χ1) is 8.74. The van der Waals surface area contributed by atoms with Gasteiger partial charge in [-0.3, -0.25) is 9.32 Å². The van der Waals surface area contributed by atoms with Gasteiger partial charge in [0, 0.05) is 6.04 Å².